The van der Waals surface area contributed by atoms with E-state index in [2.05, 4.69) is 22.4 Å². The van der Waals surface area contributed by atoms with Crippen LogP contribution in [0.5, 0.6) is 0 Å². The Labute approximate surface area is 205 Å². The predicted octanol–water partition coefficient (Wildman–Crippen LogP) is 6.00. The van der Waals surface area contributed by atoms with Gasteiger partial charge in [0.15, 0.2) is 5.78 Å². The fraction of sp³-hybridized carbons (Fsp3) is 0.320. The number of rotatable bonds is 7. The van der Waals surface area contributed by atoms with Crippen molar-refractivity contribution in [2.75, 3.05) is 19.6 Å². The van der Waals surface area contributed by atoms with Crippen LogP contribution in [0.3, 0.4) is 0 Å². The third kappa shape index (κ3) is 4.64. The SMILES string of the molecule is CCN(CC)S(=O)(=O)c1cc(C(=O)C2=C3SC=C(c4ccccc4)N3CCCC2)ccc1Cl. The van der Waals surface area contributed by atoms with E-state index in [-0.39, 0.29) is 15.7 Å². The first-order chi connectivity index (χ1) is 15.9. The number of Topliss-reactive ketones (excluding diaryl/α,β-unsaturated/α-hetero) is 1. The summed E-state index contributed by atoms with van der Waals surface area (Å²) in [6, 6.07) is 14.7. The molecule has 0 atom stereocenters. The third-order valence-electron chi connectivity index (χ3n) is 6.00. The van der Waals surface area contributed by atoms with Crippen molar-refractivity contribution >= 4 is 44.9 Å². The highest BCUT2D eigenvalue weighted by atomic mass is 35.5. The smallest absolute Gasteiger partial charge is 0.244 e. The zero-order valence-electron chi connectivity index (χ0n) is 18.8. The van der Waals surface area contributed by atoms with Crippen molar-refractivity contribution in [1.82, 2.24) is 9.21 Å². The Bertz CT molecular complexity index is 1220. The molecule has 0 aliphatic carbocycles. The number of carbonyl (C=O) groups excluding carboxylic acids is 1. The Morgan fingerprint density at radius 2 is 1.82 bits per heavy atom. The van der Waals surface area contributed by atoms with Crippen LogP contribution in [0.15, 0.2) is 69.4 Å². The molecule has 2 aliphatic rings. The van der Waals surface area contributed by atoms with Crippen LogP contribution in [0.25, 0.3) is 5.70 Å². The van der Waals surface area contributed by atoms with E-state index in [0.717, 1.165) is 41.2 Å². The lowest BCUT2D eigenvalue weighted by atomic mass is 10.00. The molecule has 0 amide bonds. The lowest BCUT2D eigenvalue weighted by molar-refractivity contribution is 0.102. The summed E-state index contributed by atoms with van der Waals surface area (Å²) in [7, 11) is -3.78. The van der Waals surface area contributed by atoms with Gasteiger partial charge in [0.05, 0.1) is 15.7 Å². The number of benzene rings is 2. The second-order valence-corrected chi connectivity index (χ2v) is 11.1. The molecular weight excluding hydrogens is 476 g/mol. The Morgan fingerprint density at radius 1 is 1.09 bits per heavy atom. The molecule has 0 unspecified atom stereocenters. The minimum Gasteiger partial charge on any atom is -0.335 e. The number of sulfonamides is 1. The van der Waals surface area contributed by atoms with E-state index in [1.54, 1.807) is 31.7 Å². The normalized spacial score (nSPS) is 16.6. The quantitative estimate of drug-likeness (QED) is 0.435. The Kier molecular flexibility index (Phi) is 7.34. The Hall–Kier alpha value is -2.06. The van der Waals surface area contributed by atoms with Crippen molar-refractivity contribution < 1.29 is 13.2 Å². The van der Waals surface area contributed by atoms with Gasteiger partial charge in [-0.25, -0.2) is 8.42 Å². The second-order valence-electron chi connectivity index (χ2n) is 7.94. The second kappa shape index (κ2) is 10.1. The van der Waals surface area contributed by atoms with Gasteiger partial charge in [-0.3, -0.25) is 4.79 Å². The average molecular weight is 503 g/mol. The first-order valence-corrected chi connectivity index (χ1v) is 13.9. The van der Waals surface area contributed by atoms with Crippen LogP contribution in [0.2, 0.25) is 5.02 Å². The zero-order chi connectivity index (χ0) is 23.6. The van der Waals surface area contributed by atoms with Gasteiger partial charge in [0.1, 0.15) is 4.90 Å². The molecule has 0 radical (unpaired) electrons. The molecule has 0 N–H and O–H groups in total. The fourth-order valence-electron chi connectivity index (χ4n) is 4.25. The van der Waals surface area contributed by atoms with Gasteiger partial charge >= 0.3 is 0 Å². The number of fused-ring (bicyclic) bond motifs is 1. The molecule has 4 rings (SSSR count). The van der Waals surface area contributed by atoms with Gasteiger partial charge in [-0.1, -0.05) is 67.5 Å². The van der Waals surface area contributed by atoms with Crippen LogP contribution in [-0.2, 0) is 10.0 Å². The first kappa shape index (κ1) is 24.1. The average Bonchev–Trinajstić information content (AvgIpc) is 3.12. The van der Waals surface area contributed by atoms with Gasteiger partial charge in [0, 0.05) is 36.2 Å². The molecule has 8 heteroatoms. The van der Waals surface area contributed by atoms with Crippen molar-refractivity contribution in [2.45, 2.75) is 38.0 Å². The molecular formula is C25H27ClN2O3S2. The van der Waals surface area contributed by atoms with Crippen LogP contribution >= 0.6 is 23.4 Å². The monoisotopic (exact) mass is 502 g/mol. The summed E-state index contributed by atoms with van der Waals surface area (Å²) in [6.45, 7) is 5.09. The molecule has 0 aromatic heterocycles. The number of ketones is 1. The highest BCUT2D eigenvalue weighted by Gasteiger charge is 2.31. The highest BCUT2D eigenvalue weighted by Crippen LogP contribution is 2.44. The topological polar surface area (TPSA) is 57.7 Å². The Morgan fingerprint density at radius 3 is 2.52 bits per heavy atom. The van der Waals surface area contributed by atoms with Gasteiger partial charge in [-0.2, -0.15) is 4.31 Å². The number of allylic oxidation sites excluding steroid dienone is 1. The van der Waals surface area contributed by atoms with E-state index in [0.29, 0.717) is 25.1 Å². The van der Waals surface area contributed by atoms with E-state index in [4.69, 9.17) is 11.6 Å². The molecule has 2 aromatic rings. The number of thioether (sulfide) groups is 1. The van der Waals surface area contributed by atoms with Crippen LogP contribution in [0, 0.1) is 0 Å². The predicted molar refractivity (Wildman–Crippen MR) is 135 cm³/mol. The maximum absolute atomic E-state index is 13.7. The van der Waals surface area contributed by atoms with Gasteiger partial charge in [0.2, 0.25) is 10.0 Å². The lowest BCUT2D eigenvalue weighted by Crippen LogP contribution is -2.31. The van der Waals surface area contributed by atoms with Gasteiger partial charge in [-0.05, 0) is 43.0 Å². The summed E-state index contributed by atoms with van der Waals surface area (Å²) in [5, 5.41) is 3.17. The van der Waals surface area contributed by atoms with Crippen molar-refractivity contribution in [2.24, 2.45) is 0 Å². The molecule has 0 saturated carbocycles. The summed E-state index contributed by atoms with van der Waals surface area (Å²) in [6.07, 6.45) is 2.55. The number of hydrogen-bond acceptors (Lipinski definition) is 5. The first-order valence-electron chi connectivity index (χ1n) is 11.2. The van der Waals surface area contributed by atoms with Crippen LogP contribution in [-0.4, -0.2) is 43.0 Å². The molecule has 2 heterocycles. The molecule has 0 spiro atoms. The molecule has 174 valence electrons. The third-order valence-corrected chi connectivity index (χ3v) is 9.56. The largest absolute Gasteiger partial charge is 0.335 e. The summed E-state index contributed by atoms with van der Waals surface area (Å²) in [4.78, 5) is 15.9. The van der Waals surface area contributed by atoms with Crippen molar-refractivity contribution in [1.29, 1.82) is 0 Å². The van der Waals surface area contributed by atoms with Crippen LogP contribution in [0.1, 0.15) is 49.0 Å². The molecule has 0 saturated heterocycles. The molecule has 0 fully saturated rings. The van der Waals surface area contributed by atoms with Crippen molar-refractivity contribution in [3.63, 3.8) is 0 Å². The maximum atomic E-state index is 13.7. The van der Waals surface area contributed by atoms with Gasteiger partial charge < -0.3 is 4.90 Å². The van der Waals surface area contributed by atoms with Crippen molar-refractivity contribution in [3.05, 3.63) is 80.7 Å². The summed E-state index contributed by atoms with van der Waals surface area (Å²) < 4.78 is 27.6. The molecule has 5 nitrogen and oxygen atoms in total. The van der Waals surface area contributed by atoms with E-state index in [9.17, 15) is 13.2 Å². The van der Waals surface area contributed by atoms with E-state index >= 15 is 0 Å². The minimum atomic E-state index is -3.78. The standard InChI is InChI=1S/C25H27ClN2O3S2/c1-3-27(4-2)33(30,31)23-16-19(13-14-21(23)26)24(29)20-12-8-9-15-28-22(17-32-25(20)28)18-10-6-5-7-11-18/h5-7,10-11,13-14,16-17H,3-4,8-9,12,15H2,1-2H3. The van der Waals surface area contributed by atoms with Crippen molar-refractivity contribution in [3.8, 4) is 0 Å². The summed E-state index contributed by atoms with van der Waals surface area (Å²) in [5.41, 5.74) is 3.30. The number of nitrogens with zero attached hydrogens (tertiary/aromatic N) is 2. The lowest BCUT2D eigenvalue weighted by Gasteiger charge is -2.23. The molecule has 2 aromatic carbocycles. The molecule has 2 aliphatic heterocycles. The number of hydrogen-bond donors (Lipinski definition) is 0. The Balaban J connectivity index is 1.72. The summed E-state index contributed by atoms with van der Waals surface area (Å²) in [5.74, 6) is -0.139. The summed E-state index contributed by atoms with van der Waals surface area (Å²) >= 11 is 7.85. The van der Waals surface area contributed by atoms with Gasteiger partial charge in [0.25, 0.3) is 0 Å². The van der Waals surface area contributed by atoms with Crippen LogP contribution in [0.4, 0.5) is 0 Å². The molecule has 33 heavy (non-hydrogen) atoms. The number of halogens is 1. The highest BCUT2D eigenvalue weighted by molar-refractivity contribution is 8.06. The minimum absolute atomic E-state index is 0.0167. The van der Waals surface area contributed by atoms with Crippen LogP contribution < -0.4 is 0 Å². The van der Waals surface area contributed by atoms with E-state index < -0.39 is 10.0 Å². The fourth-order valence-corrected chi connectivity index (χ4v) is 7.34. The maximum Gasteiger partial charge on any atom is 0.244 e. The van der Waals surface area contributed by atoms with E-state index in [1.165, 1.54) is 16.4 Å². The molecule has 0 bridgehead atoms. The number of carbonyl (C=O) groups is 1. The van der Waals surface area contributed by atoms with Gasteiger partial charge in [-0.15, -0.1) is 0 Å². The zero-order valence-corrected chi connectivity index (χ0v) is 21.1. The van der Waals surface area contributed by atoms with E-state index in [1.807, 2.05) is 18.2 Å².